The Morgan fingerprint density at radius 3 is 2.83 bits per heavy atom. The van der Waals surface area contributed by atoms with Gasteiger partial charge in [-0.2, -0.15) is 0 Å². The number of rotatable bonds is 4. The normalized spacial score (nSPS) is 19.9. The largest absolute Gasteiger partial charge is 0.341 e. The molecule has 1 amide bonds. The summed E-state index contributed by atoms with van der Waals surface area (Å²) in [4.78, 5) is 12.6. The third kappa shape index (κ3) is 3.03. The van der Waals surface area contributed by atoms with Crippen LogP contribution in [0.3, 0.4) is 0 Å². The summed E-state index contributed by atoms with van der Waals surface area (Å²) < 4.78 is 1.83. The summed E-state index contributed by atoms with van der Waals surface area (Å²) in [6, 6.07) is 8.00. The topological polar surface area (TPSA) is 71.8 Å². The van der Waals surface area contributed by atoms with E-state index in [1.54, 1.807) is 6.20 Å². The van der Waals surface area contributed by atoms with E-state index >= 15 is 0 Å². The molecule has 1 aliphatic heterocycles. The lowest BCUT2D eigenvalue weighted by atomic mass is 10.0. The number of benzene rings is 1. The molecular formula is C17H20ClN5O. The lowest BCUT2D eigenvalue weighted by Gasteiger charge is -2.22. The molecule has 4 rings (SSSR count). The molecule has 0 atom stereocenters. The first-order valence-corrected chi connectivity index (χ1v) is 8.75. The Morgan fingerprint density at radius 1 is 1.33 bits per heavy atom. The van der Waals surface area contributed by atoms with E-state index in [0.717, 1.165) is 44.3 Å². The number of carbonyl (C=O) groups is 1. The number of amides is 1. The van der Waals surface area contributed by atoms with Crippen LogP contribution < -0.4 is 10.6 Å². The third-order valence-electron chi connectivity index (χ3n) is 4.91. The highest BCUT2D eigenvalue weighted by Crippen LogP contribution is 2.46. The summed E-state index contributed by atoms with van der Waals surface area (Å²) in [5.74, 6) is -0.173. The smallest absolute Gasteiger partial charge is 0.274 e. The van der Waals surface area contributed by atoms with Crippen LogP contribution in [-0.4, -0.2) is 34.0 Å². The number of hydrogen-bond acceptors (Lipinski definition) is 4. The molecule has 1 saturated heterocycles. The molecule has 24 heavy (non-hydrogen) atoms. The maximum Gasteiger partial charge on any atom is 0.274 e. The van der Waals surface area contributed by atoms with Crippen LogP contribution in [-0.2, 0) is 5.54 Å². The van der Waals surface area contributed by atoms with Crippen LogP contribution in [0.2, 0.25) is 5.02 Å². The van der Waals surface area contributed by atoms with Crippen molar-refractivity contribution in [2.24, 2.45) is 0 Å². The van der Waals surface area contributed by atoms with Crippen LogP contribution in [0.4, 0.5) is 0 Å². The molecule has 0 bridgehead atoms. The molecule has 1 aliphatic carbocycles. The molecule has 2 aliphatic rings. The van der Waals surface area contributed by atoms with Crippen molar-refractivity contribution in [3.63, 3.8) is 0 Å². The van der Waals surface area contributed by atoms with E-state index in [4.69, 9.17) is 11.6 Å². The number of nitrogens with one attached hydrogen (secondary N) is 2. The Labute approximate surface area is 145 Å². The van der Waals surface area contributed by atoms with Gasteiger partial charge >= 0.3 is 0 Å². The quantitative estimate of drug-likeness (QED) is 0.891. The number of piperidine rings is 1. The van der Waals surface area contributed by atoms with Gasteiger partial charge in [0.05, 0.1) is 17.8 Å². The average molecular weight is 346 g/mol. The molecule has 1 aromatic heterocycles. The molecule has 0 unspecified atom stereocenters. The van der Waals surface area contributed by atoms with E-state index in [0.29, 0.717) is 16.8 Å². The van der Waals surface area contributed by atoms with E-state index in [-0.39, 0.29) is 11.4 Å². The summed E-state index contributed by atoms with van der Waals surface area (Å²) in [7, 11) is 0. The fourth-order valence-electron chi connectivity index (χ4n) is 3.31. The Bertz CT molecular complexity index is 749. The van der Waals surface area contributed by atoms with Gasteiger partial charge in [0, 0.05) is 5.02 Å². The zero-order valence-electron chi connectivity index (χ0n) is 13.3. The van der Waals surface area contributed by atoms with Gasteiger partial charge in [-0.1, -0.05) is 28.9 Å². The highest BCUT2D eigenvalue weighted by Gasteiger charge is 2.46. The van der Waals surface area contributed by atoms with E-state index in [2.05, 4.69) is 20.9 Å². The molecule has 0 radical (unpaired) electrons. The highest BCUT2D eigenvalue weighted by molar-refractivity contribution is 6.30. The molecular weight excluding hydrogens is 326 g/mol. The molecule has 2 fully saturated rings. The van der Waals surface area contributed by atoms with Crippen LogP contribution in [0.5, 0.6) is 0 Å². The van der Waals surface area contributed by atoms with Crippen molar-refractivity contribution >= 4 is 17.5 Å². The summed E-state index contributed by atoms with van der Waals surface area (Å²) in [5, 5.41) is 15.4. The number of hydrogen-bond donors (Lipinski definition) is 2. The van der Waals surface area contributed by atoms with Crippen molar-refractivity contribution < 1.29 is 4.79 Å². The number of nitrogens with zero attached hydrogens (tertiary/aromatic N) is 3. The van der Waals surface area contributed by atoms with Crippen LogP contribution in [0.25, 0.3) is 0 Å². The predicted molar refractivity (Wildman–Crippen MR) is 91.0 cm³/mol. The summed E-state index contributed by atoms with van der Waals surface area (Å²) >= 11 is 6.08. The second-order valence-corrected chi connectivity index (χ2v) is 7.05. The van der Waals surface area contributed by atoms with Crippen molar-refractivity contribution in [1.29, 1.82) is 0 Å². The van der Waals surface area contributed by atoms with Gasteiger partial charge in [0.25, 0.3) is 5.91 Å². The SMILES string of the molecule is O=C(NC1(c2cccc(Cl)c2)CC1)c1cn(C2CCNCC2)nn1. The fraction of sp³-hybridized carbons (Fsp3) is 0.471. The molecule has 6 nitrogen and oxygen atoms in total. The lowest BCUT2D eigenvalue weighted by molar-refractivity contribution is 0.0925. The zero-order valence-corrected chi connectivity index (χ0v) is 14.1. The van der Waals surface area contributed by atoms with Crippen molar-refractivity contribution in [1.82, 2.24) is 25.6 Å². The number of aromatic nitrogens is 3. The minimum absolute atomic E-state index is 0.173. The lowest BCUT2D eigenvalue weighted by Crippen LogP contribution is -2.35. The Kier molecular flexibility index (Phi) is 4.02. The molecule has 1 aromatic carbocycles. The minimum atomic E-state index is -0.305. The van der Waals surface area contributed by atoms with Crippen LogP contribution in [0, 0.1) is 0 Å². The molecule has 0 spiro atoms. The Balaban J connectivity index is 1.47. The maximum atomic E-state index is 12.6. The van der Waals surface area contributed by atoms with Crippen LogP contribution in [0.1, 0.15) is 47.8 Å². The van der Waals surface area contributed by atoms with E-state index in [1.807, 2.05) is 28.9 Å². The first-order chi connectivity index (χ1) is 11.7. The first kappa shape index (κ1) is 15.6. The van der Waals surface area contributed by atoms with Gasteiger partial charge in [0.1, 0.15) is 0 Å². The van der Waals surface area contributed by atoms with Crippen LogP contribution in [0.15, 0.2) is 30.5 Å². The third-order valence-corrected chi connectivity index (χ3v) is 5.14. The fourth-order valence-corrected chi connectivity index (χ4v) is 3.50. The second-order valence-electron chi connectivity index (χ2n) is 6.61. The number of carbonyl (C=O) groups excluding carboxylic acids is 1. The average Bonchev–Trinajstić information content (AvgIpc) is 3.21. The van der Waals surface area contributed by atoms with Gasteiger partial charge in [0.15, 0.2) is 5.69 Å². The monoisotopic (exact) mass is 345 g/mol. The van der Waals surface area contributed by atoms with Gasteiger partial charge in [-0.25, -0.2) is 4.68 Å². The van der Waals surface area contributed by atoms with Crippen molar-refractivity contribution in [2.75, 3.05) is 13.1 Å². The van der Waals surface area contributed by atoms with Gasteiger partial charge in [-0.05, 0) is 56.5 Å². The predicted octanol–water partition coefficient (Wildman–Crippen LogP) is 2.28. The van der Waals surface area contributed by atoms with E-state index in [1.165, 1.54) is 0 Å². The minimum Gasteiger partial charge on any atom is -0.341 e. The summed E-state index contributed by atoms with van der Waals surface area (Å²) in [6.07, 6.45) is 5.62. The zero-order chi connectivity index (χ0) is 16.6. The van der Waals surface area contributed by atoms with Crippen LogP contribution >= 0.6 is 11.6 Å². The maximum absolute atomic E-state index is 12.6. The Hall–Kier alpha value is -1.92. The standard InChI is InChI=1S/C17H20ClN5O/c18-13-3-1-2-12(10-13)17(6-7-17)20-16(24)15-11-23(22-21-15)14-4-8-19-9-5-14/h1-3,10-11,14,19H,4-9H2,(H,20,24). The molecule has 2 heterocycles. The van der Waals surface area contributed by atoms with Gasteiger partial charge in [0.2, 0.25) is 0 Å². The molecule has 7 heteroatoms. The van der Waals surface area contributed by atoms with Gasteiger partial charge in [-0.3, -0.25) is 4.79 Å². The van der Waals surface area contributed by atoms with Crippen molar-refractivity contribution in [2.45, 2.75) is 37.3 Å². The summed E-state index contributed by atoms with van der Waals surface area (Å²) in [6.45, 7) is 1.95. The van der Waals surface area contributed by atoms with Gasteiger partial charge < -0.3 is 10.6 Å². The van der Waals surface area contributed by atoms with Gasteiger partial charge in [-0.15, -0.1) is 5.10 Å². The van der Waals surface area contributed by atoms with Crippen molar-refractivity contribution in [3.05, 3.63) is 46.7 Å². The summed E-state index contributed by atoms with van der Waals surface area (Å²) in [5.41, 5.74) is 1.12. The highest BCUT2D eigenvalue weighted by atomic mass is 35.5. The number of halogens is 1. The first-order valence-electron chi connectivity index (χ1n) is 8.37. The van der Waals surface area contributed by atoms with E-state index < -0.39 is 0 Å². The molecule has 2 N–H and O–H groups in total. The molecule has 1 saturated carbocycles. The van der Waals surface area contributed by atoms with E-state index in [9.17, 15) is 4.79 Å². The molecule has 2 aromatic rings. The Morgan fingerprint density at radius 2 is 2.12 bits per heavy atom. The molecule has 126 valence electrons. The van der Waals surface area contributed by atoms with Crippen molar-refractivity contribution in [3.8, 4) is 0 Å². The second kappa shape index (κ2) is 6.18.